The van der Waals surface area contributed by atoms with Crippen LogP contribution in [0, 0.1) is 0 Å². The first kappa shape index (κ1) is 16.2. The van der Waals surface area contributed by atoms with Gasteiger partial charge in [0.2, 0.25) is 0 Å². The van der Waals surface area contributed by atoms with Crippen LogP contribution >= 0.6 is 46.4 Å². The van der Waals surface area contributed by atoms with Gasteiger partial charge in [-0.2, -0.15) is 0 Å². The van der Waals surface area contributed by atoms with Crippen molar-refractivity contribution in [2.24, 2.45) is 0 Å². The van der Waals surface area contributed by atoms with Crippen LogP contribution < -0.4 is 4.74 Å². The monoisotopic (exact) mass is 360 g/mol. The largest absolute Gasteiger partial charge is 0.423 e. The number of hydrogen-bond acceptors (Lipinski definition) is 2. The molecule has 0 atom stereocenters. The maximum atomic E-state index is 11.7. The minimum atomic E-state index is -0.542. The van der Waals surface area contributed by atoms with Crippen LogP contribution in [0.15, 0.2) is 42.5 Å². The normalized spacial score (nSPS) is 10.9. The highest BCUT2D eigenvalue weighted by Crippen LogP contribution is 2.26. The number of rotatable bonds is 3. The third-order valence-corrected chi connectivity index (χ3v) is 3.94. The lowest BCUT2D eigenvalue weighted by molar-refractivity contribution is -0.128. The van der Waals surface area contributed by atoms with E-state index in [-0.39, 0.29) is 0 Å². The number of benzene rings is 2. The van der Waals surface area contributed by atoms with E-state index in [2.05, 4.69) is 0 Å². The summed E-state index contributed by atoms with van der Waals surface area (Å²) in [6.07, 6.45) is 2.85. The molecule has 2 nitrogen and oxygen atoms in total. The first-order chi connectivity index (χ1) is 9.95. The number of halogens is 4. The van der Waals surface area contributed by atoms with Crippen molar-refractivity contribution in [1.29, 1.82) is 0 Å². The van der Waals surface area contributed by atoms with E-state index in [9.17, 15) is 4.79 Å². The number of ether oxygens (including phenoxy) is 1. The molecule has 0 aliphatic heterocycles. The van der Waals surface area contributed by atoms with Crippen LogP contribution in [-0.2, 0) is 4.79 Å². The number of esters is 1. The highest BCUT2D eigenvalue weighted by molar-refractivity contribution is 6.42. The minimum Gasteiger partial charge on any atom is -0.423 e. The second kappa shape index (κ2) is 7.19. The van der Waals surface area contributed by atoms with Gasteiger partial charge in [0.05, 0.1) is 20.1 Å². The third kappa shape index (κ3) is 4.65. The lowest BCUT2D eigenvalue weighted by atomic mass is 10.2. The molecule has 21 heavy (non-hydrogen) atoms. The summed E-state index contributed by atoms with van der Waals surface area (Å²) >= 11 is 23.3. The number of carbonyl (C=O) groups excluding carboxylic acids is 1. The number of hydrogen-bond donors (Lipinski definition) is 0. The van der Waals surface area contributed by atoms with E-state index in [1.54, 1.807) is 36.4 Å². The second-order valence-electron chi connectivity index (χ2n) is 4.00. The van der Waals surface area contributed by atoms with Crippen molar-refractivity contribution in [2.75, 3.05) is 0 Å². The molecule has 0 N–H and O–H groups in total. The smallest absolute Gasteiger partial charge is 0.336 e. The Morgan fingerprint density at radius 2 is 1.48 bits per heavy atom. The molecule has 2 aromatic rings. The Morgan fingerprint density at radius 1 is 0.857 bits per heavy atom. The van der Waals surface area contributed by atoms with E-state index in [0.717, 1.165) is 5.56 Å². The van der Waals surface area contributed by atoms with Crippen LogP contribution in [0.2, 0.25) is 20.1 Å². The Labute approximate surface area is 141 Å². The van der Waals surface area contributed by atoms with E-state index in [4.69, 9.17) is 51.1 Å². The summed E-state index contributed by atoms with van der Waals surface area (Å²) in [5.41, 5.74) is 0.732. The average molecular weight is 362 g/mol. The number of carbonyl (C=O) groups is 1. The fourth-order valence-electron chi connectivity index (χ4n) is 1.47. The van der Waals surface area contributed by atoms with Crippen molar-refractivity contribution < 1.29 is 9.53 Å². The SMILES string of the molecule is O=C(/C=C/c1ccc(Cl)c(Cl)c1)Oc1ccc(Cl)c(Cl)c1. The molecule has 0 fully saturated rings. The molecule has 0 radical (unpaired) electrons. The van der Waals surface area contributed by atoms with Gasteiger partial charge in [0.25, 0.3) is 0 Å². The fraction of sp³-hybridized carbons (Fsp3) is 0. The van der Waals surface area contributed by atoms with Crippen LogP contribution in [0.25, 0.3) is 6.08 Å². The van der Waals surface area contributed by atoms with Crippen LogP contribution in [0.4, 0.5) is 0 Å². The van der Waals surface area contributed by atoms with Gasteiger partial charge in [-0.15, -0.1) is 0 Å². The van der Waals surface area contributed by atoms with Crippen molar-refractivity contribution in [1.82, 2.24) is 0 Å². The predicted octanol–water partition coefficient (Wildman–Crippen LogP) is 5.92. The van der Waals surface area contributed by atoms with Gasteiger partial charge in [0.1, 0.15) is 5.75 Å². The molecule has 2 aromatic carbocycles. The maximum absolute atomic E-state index is 11.7. The zero-order chi connectivity index (χ0) is 15.4. The Balaban J connectivity index is 2.05. The van der Waals surface area contributed by atoms with E-state index >= 15 is 0 Å². The molecule has 0 aliphatic rings. The Kier molecular flexibility index (Phi) is 5.54. The molecule has 2 rings (SSSR count). The Hall–Kier alpha value is -1.19. The summed E-state index contributed by atoms with van der Waals surface area (Å²) in [4.78, 5) is 11.7. The molecule has 0 spiro atoms. The van der Waals surface area contributed by atoms with Crippen LogP contribution in [0.1, 0.15) is 5.56 Å². The standard InChI is InChI=1S/C15H8Cl4O2/c16-11-4-1-9(7-13(11)18)2-6-15(20)21-10-3-5-12(17)14(19)8-10/h1-8H/b6-2+. The summed E-state index contributed by atoms with van der Waals surface area (Å²) in [5, 5.41) is 1.57. The summed E-state index contributed by atoms with van der Waals surface area (Å²) in [5.74, 6) is -0.229. The highest BCUT2D eigenvalue weighted by atomic mass is 35.5. The van der Waals surface area contributed by atoms with Gasteiger partial charge in [-0.05, 0) is 35.9 Å². The lowest BCUT2D eigenvalue weighted by Crippen LogP contribution is -2.03. The van der Waals surface area contributed by atoms with Crippen LogP contribution in [0.5, 0.6) is 5.75 Å². The molecular weight excluding hydrogens is 354 g/mol. The zero-order valence-electron chi connectivity index (χ0n) is 10.4. The summed E-state index contributed by atoms with van der Waals surface area (Å²) in [6.45, 7) is 0. The quantitative estimate of drug-likeness (QED) is 0.385. The van der Waals surface area contributed by atoms with Gasteiger partial charge < -0.3 is 4.74 Å². The Bertz CT molecular complexity index is 711. The molecule has 0 bridgehead atoms. The predicted molar refractivity (Wildman–Crippen MR) is 87.6 cm³/mol. The molecule has 0 aromatic heterocycles. The summed E-state index contributed by atoms with van der Waals surface area (Å²) < 4.78 is 5.10. The van der Waals surface area contributed by atoms with E-state index < -0.39 is 5.97 Å². The van der Waals surface area contributed by atoms with Gasteiger partial charge in [-0.3, -0.25) is 0 Å². The molecule has 0 saturated heterocycles. The summed E-state index contributed by atoms with van der Waals surface area (Å²) in [6, 6.07) is 9.60. The molecule has 0 amide bonds. The molecular formula is C15H8Cl4O2. The molecule has 0 saturated carbocycles. The van der Waals surface area contributed by atoms with Crippen LogP contribution in [-0.4, -0.2) is 5.97 Å². The van der Waals surface area contributed by atoms with Gasteiger partial charge in [-0.25, -0.2) is 4.79 Å². The van der Waals surface area contributed by atoms with Crippen molar-refractivity contribution in [3.63, 3.8) is 0 Å². The van der Waals surface area contributed by atoms with Crippen molar-refractivity contribution in [3.8, 4) is 5.75 Å². The van der Waals surface area contributed by atoms with Crippen molar-refractivity contribution >= 4 is 58.4 Å². The highest BCUT2D eigenvalue weighted by Gasteiger charge is 2.04. The molecule has 0 heterocycles. The zero-order valence-corrected chi connectivity index (χ0v) is 13.5. The van der Waals surface area contributed by atoms with Gasteiger partial charge in [0.15, 0.2) is 0 Å². The topological polar surface area (TPSA) is 26.3 Å². The average Bonchev–Trinajstić information content (AvgIpc) is 2.44. The Morgan fingerprint density at radius 3 is 2.10 bits per heavy atom. The fourth-order valence-corrected chi connectivity index (χ4v) is 2.07. The van der Waals surface area contributed by atoms with Crippen molar-refractivity contribution in [2.45, 2.75) is 0 Å². The summed E-state index contributed by atoms with van der Waals surface area (Å²) in [7, 11) is 0. The molecule has 108 valence electrons. The first-order valence-corrected chi connectivity index (χ1v) is 7.27. The minimum absolute atomic E-state index is 0.313. The van der Waals surface area contributed by atoms with E-state index in [1.807, 2.05) is 0 Å². The van der Waals surface area contributed by atoms with E-state index in [0.29, 0.717) is 25.8 Å². The van der Waals surface area contributed by atoms with Gasteiger partial charge in [0, 0.05) is 12.1 Å². The molecule has 6 heteroatoms. The van der Waals surface area contributed by atoms with Crippen LogP contribution in [0.3, 0.4) is 0 Å². The second-order valence-corrected chi connectivity index (χ2v) is 5.63. The lowest BCUT2D eigenvalue weighted by Gasteiger charge is -2.02. The van der Waals surface area contributed by atoms with Gasteiger partial charge in [-0.1, -0.05) is 52.5 Å². The first-order valence-electron chi connectivity index (χ1n) is 5.76. The van der Waals surface area contributed by atoms with Gasteiger partial charge >= 0.3 is 5.97 Å². The molecule has 0 aliphatic carbocycles. The maximum Gasteiger partial charge on any atom is 0.336 e. The van der Waals surface area contributed by atoms with Crippen molar-refractivity contribution in [3.05, 3.63) is 68.1 Å². The molecule has 0 unspecified atom stereocenters. The van der Waals surface area contributed by atoms with E-state index in [1.165, 1.54) is 12.1 Å². The third-order valence-electron chi connectivity index (χ3n) is 2.47.